The van der Waals surface area contributed by atoms with Crippen molar-refractivity contribution < 1.29 is 29.3 Å². The molecule has 0 saturated heterocycles. The third-order valence-electron chi connectivity index (χ3n) is 4.96. The maximum atomic E-state index is 12.1. The molecule has 2 unspecified atom stereocenters. The lowest BCUT2D eigenvalue weighted by Gasteiger charge is -2.19. The minimum absolute atomic E-state index is 0.00263. The molecule has 0 spiro atoms. The molecule has 10 nitrogen and oxygen atoms in total. The number of aliphatic hydroxyl groups excluding tert-OH is 2. The second-order valence-electron chi connectivity index (χ2n) is 8.91. The van der Waals surface area contributed by atoms with E-state index in [-0.39, 0.29) is 52.1 Å². The van der Waals surface area contributed by atoms with Gasteiger partial charge in [-0.1, -0.05) is 50.6 Å². The largest absolute Gasteiger partial charge is 0.461 e. The van der Waals surface area contributed by atoms with Gasteiger partial charge in [0.1, 0.15) is 13.2 Å². The van der Waals surface area contributed by atoms with Crippen LogP contribution < -0.4 is 0 Å². The number of hydrogen-bond acceptors (Lipinski definition) is 10. The number of nitriles is 2. The predicted octanol–water partition coefficient (Wildman–Crippen LogP) is 3.97. The molecule has 38 heavy (non-hydrogen) atoms. The molecule has 0 aromatic rings. The number of nitrogens with zero attached hydrogens (tertiary/aromatic N) is 4. The van der Waals surface area contributed by atoms with Gasteiger partial charge in [-0.15, -0.1) is 0 Å². The second-order valence-corrected chi connectivity index (χ2v) is 8.91. The SMILES string of the molecule is C=C(/C=C\C(=C)COC(=O)CCC(C)(C#N)N=NC(C)(C#N)CCC(=O)OCC(=C)/C=C\C(=C)CO)CO. The fourth-order valence-corrected chi connectivity index (χ4v) is 2.33. The number of rotatable bonds is 18. The highest BCUT2D eigenvalue weighted by Crippen LogP contribution is 2.24. The number of esters is 2. The van der Waals surface area contributed by atoms with Crippen molar-refractivity contribution >= 4 is 11.9 Å². The fraction of sp³-hybridized carbons (Fsp3) is 0.429. The van der Waals surface area contributed by atoms with Crippen LogP contribution in [0.2, 0.25) is 0 Å². The van der Waals surface area contributed by atoms with Gasteiger partial charge in [0.25, 0.3) is 0 Å². The van der Waals surface area contributed by atoms with Crippen molar-refractivity contribution in [2.45, 2.75) is 50.6 Å². The molecule has 0 heterocycles. The van der Waals surface area contributed by atoms with E-state index in [4.69, 9.17) is 19.7 Å². The minimum Gasteiger partial charge on any atom is -0.461 e. The van der Waals surface area contributed by atoms with E-state index in [2.05, 4.69) is 36.5 Å². The van der Waals surface area contributed by atoms with Crippen LogP contribution in [0.5, 0.6) is 0 Å². The van der Waals surface area contributed by atoms with E-state index in [1.165, 1.54) is 13.8 Å². The van der Waals surface area contributed by atoms with Crippen LogP contribution in [-0.4, -0.2) is 59.7 Å². The number of ether oxygens (including phenoxy) is 2. The summed E-state index contributed by atoms with van der Waals surface area (Å²) in [5, 5.41) is 45.0. The van der Waals surface area contributed by atoms with Crippen LogP contribution in [0.3, 0.4) is 0 Å². The Morgan fingerprint density at radius 1 is 0.737 bits per heavy atom. The summed E-state index contributed by atoms with van der Waals surface area (Å²) in [5.41, 5.74) is -0.838. The van der Waals surface area contributed by atoms with Crippen molar-refractivity contribution in [1.82, 2.24) is 0 Å². The molecule has 0 aliphatic heterocycles. The average molecular weight is 525 g/mol. The first-order valence-corrected chi connectivity index (χ1v) is 11.7. The van der Waals surface area contributed by atoms with E-state index < -0.39 is 23.0 Å². The first kappa shape index (κ1) is 33.9. The molecule has 0 aliphatic rings. The lowest BCUT2D eigenvalue weighted by atomic mass is 9.97. The summed E-state index contributed by atoms with van der Waals surface area (Å²) in [6.45, 7) is 17.1. The Labute approximate surface area is 224 Å². The van der Waals surface area contributed by atoms with E-state index in [1.807, 2.05) is 12.1 Å². The molecule has 2 atom stereocenters. The lowest BCUT2D eigenvalue weighted by Crippen LogP contribution is -2.25. The summed E-state index contributed by atoms with van der Waals surface area (Å²) in [6, 6.07) is 3.97. The van der Waals surface area contributed by atoms with Crippen molar-refractivity contribution in [3.63, 3.8) is 0 Å². The van der Waals surface area contributed by atoms with Gasteiger partial charge in [0.2, 0.25) is 0 Å². The van der Waals surface area contributed by atoms with E-state index >= 15 is 0 Å². The zero-order valence-corrected chi connectivity index (χ0v) is 22.1. The maximum absolute atomic E-state index is 12.1. The summed E-state index contributed by atoms with van der Waals surface area (Å²) >= 11 is 0. The molecule has 0 radical (unpaired) electrons. The van der Waals surface area contributed by atoms with Crippen molar-refractivity contribution in [3.8, 4) is 12.1 Å². The topological polar surface area (TPSA) is 165 Å². The average Bonchev–Trinajstić information content (AvgIpc) is 2.92. The van der Waals surface area contributed by atoms with Crippen LogP contribution in [0.4, 0.5) is 0 Å². The highest BCUT2D eigenvalue weighted by atomic mass is 16.5. The maximum Gasteiger partial charge on any atom is 0.306 e. The van der Waals surface area contributed by atoms with Gasteiger partial charge in [-0.3, -0.25) is 9.59 Å². The molecule has 10 heteroatoms. The monoisotopic (exact) mass is 524 g/mol. The van der Waals surface area contributed by atoms with Crippen molar-refractivity contribution in [1.29, 1.82) is 10.5 Å². The minimum atomic E-state index is -1.39. The second kappa shape index (κ2) is 17.4. The molecule has 204 valence electrons. The van der Waals surface area contributed by atoms with Crippen LogP contribution in [0, 0.1) is 22.7 Å². The fourth-order valence-electron chi connectivity index (χ4n) is 2.33. The molecule has 0 aromatic heterocycles. The molecule has 0 amide bonds. The van der Waals surface area contributed by atoms with Crippen LogP contribution in [0.25, 0.3) is 0 Å². The molecule has 0 fully saturated rings. The first-order chi connectivity index (χ1) is 17.8. The zero-order valence-electron chi connectivity index (χ0n) is 22.1. The van der Waals surface area contributed by atoms with Gasteiger partial charge in [-0.05, 0) is 49.0 Å². The Kier molecular flexibility index (Phi) is 15.5. The highest BCUT2D eigenvalue weighted by molar-refractivity contribution is 5.70. The summed E-state index contributed by atoms with van der Waals surface area (Å²) < 4.78 is 10.2. The molecule has 0 rings (SSSR count). The number of azo groups is 1. The molecular formula is C28H36N4O6. The summed E-state index contributed by atoms with van der Waals surface area (Å²) in [6.07, 6.45) is 6.01. The van der Waals surface area contributed by atoms with Gasteiger partial charge in [-0.25, -0.2) is 0 Å². The van der Waals surface area contributed by atoms with Crippen LogP contribution in [0.1, 0.15) is 39.5 Å². The highest BCUT2D eigenvalue weighted by Gasteiger charge is 2.30. The Balaban J connectivity index is 4.82. The molecule has 0 saturated carbocycles. The standard InChI is InChI=1S/C28H36N4O6/c1-21(15-33)7-9-23(3)17-37-25(35)11-13-27(5,19-29)31-32-28(6,20-30)14-12-26(36)38-18-24(4)10-8-22(2)16-34/h7-10,33-34H,1-4,11-18H2,5-6H3/b9-7-,10-8-,32-31?. The van der Waals surface area contributed by atoms with Gasteiger partial charge in [0.05, 0.1) is 25.4 Å². The number of carbonyl (C=O) groups excluding carboxylic acids is 2. The van der Waals surface area contributed by atoms with Gasteiger partial charge in [0, 0.05) is 12.8 Å². The number of hydrogen-bond donors (Lipinski definition) is 2. The lowest BCUT2D eigenvalue weighted by molar-refractivity contribution is -0.143. The van der Waals surface area contributed by atoms with Crippen LogP contribution in [0.15, 0.2) is 83.1 Å². The summed E-state index contributed by atoms with van der Waals surface area (Å²) in [4.78, 5) is 24.2. The van der Waals surface area contributed by atoms with E-state index in [0.29, 0.717) is 22.3 Å². The number of aliphatic hydroxyl groups is 2. The summed E-state index contributed by atoms with van der Waals surface area (Å²) in [5.74, 6) is -1.14. The quantitative estimate of drug-likeness (QED) is 0.154. The van der Waals surface area contributed by atoms with Gasteiger partial charge < -0.3 is 19.7 Å². The van der Waals surface area contributed by atoms with Crippen molar-refractivity contribution in [2.75, 3.05) is 26.4 Å². The van der Waals surface area contributed by atoms with Gasteiger partial charge in [-0.2, -0.15) is 20.8 Å². The Morgan fingerprint density at radius 3 is 1.34 bits per heavy atom. The molecule has 0 bridgehead atoms. The molecule has 0 aliphatic carbocycles. The van der Waals surface area contributed by atoms with Crippen LogP contribution >= 0.6 is 0 Å². The number of carbonyl (C=O) groups is 2. The van der Waals surface area contributed by atoms with Crippen molar-refractivity contribution in [3.05, 3.63) is 72.9 Å². The third kappa shape index (κ3) is 15.1. The zero-order chi connectivity index (χ0) is 29.2. The van der Waals surface area contributed by atoms with E-state index in [9.17, 15) is 20.1 Å². The van der Waals surface area contributed by atoms with Crippen molar-refractivity contribution in [2.24, 2.45) is 10.2 Å². The van der Waals surface area contributed by atoms with Crippen LogP contribution in [-0.2, 0) is 19.1 Å². The van der Waals surface area contributed by atoms with E-state index in [1.54, 1.807) is 24.3 Å². The predicted molar refractivity (Wildman–Crippen MR) is 142 cm³/mol. The van der Waals surface area contributed by atoms with E-state index in [0.717, 1.165) is 0 Å². The van der Waals surface area contributed by atoms with Gasteiger partial charge >= 0.3 is 11.9 Å². The third-order valence-corrected chi connectivity index (χ3v) is 4.96. The smallest absolute Gasteiger partial charge is 0.306 e. The van der Waals surface area contributed by atoms with Gasteiger partial charge in [0.15, 0.2) is 11.1 Å². The Hall–Kier alpha value is -4.12. The Morgan fingerprint density at radius 2 is 1.05 bits per heavy atom. The molecule has 0 aromatic carbocycles. The first-order valence-electron chi connectivity index (χ1n) is 11.7. The molecule has 2 N–H and O–H groups in total. The Bertz CT molecular complexity index is 992. The normalized spacial score (nSPS) is 14.3. The molecular weight excluding hydrogens is 488 g/mol. The summed E-state index contributed by atoms with van der Waals surface area (Å²) in [7, 11) is 0.